The van der Waals surface area contributed by atoms with Gasteiger partial charge in [0.2, 0.25) is 5.91 Å². The Morgan fingerprint density at radius 1 is 1.06 bits per heavy atom. The van der Waals surface area contributed by atoms with Crippen molar-refractivity contribution in [1.82, 2.24) is 9.80 Å². The molecule has 1 fully saturated rings. The third-order valence-electron chi connectivity index (χ3n) is 6.88. The highest BCUT2D eigenvalue weighted by Gasteiger charge is 2.23. The summed E-state index contributed by atoms with van der Waals surface area (Å²) in [6.07, 6.45) is 3.80. The third-order valence-corrected chi connectivity index (χ3v) is 9.35. The Labute approximate surface area is 229 Å². The van der Waals surface area contributed by atoms with Crippen LogP contribution in [0.3, 0.4) is 0 Å². The topological polar surface area (TPSA) is 69.7 Å². The Morgan fingerprint density at radius 2 is 1.72 bits per heavy atom. The summed E-state index contributed by atoms with van der Waals surface area (Å²) in [5.41, 5.74) is 1.97. The van der Waals surface area contributed by atoms with E-state index in [9.17, 15) is 13.2 Å². The number of anilines is 1. The second kappa shape index (κ2) is 12.4. The minimum absolute atomic E-state index is 0.00748. The first-order chi connectivity index (χ1) is 16.9. The number of hydrogen-bond donors (Lipinski definition) is 1. The number of rotatable bonds is 9. The normalized spacial score (nSPS) is 15.2. The zero-order valence-electron chi connectivity index (χ0n) is 21.2. The van der Waals surface area contributed by atoms with Gasteiger partial charge in [0.1, 0.15) is 0 Å². The number of halogens is 3. The molecule has 0 spiro atoms. The van der Waals surface area contributed by atoms with Crippen LogP contribution in [0.25, 0.3) is 0 Å². The molecule has 0 atom stereocenters. The van der Waals surface area contributed by atoms with Gasteiger partial charge in [-0.1, -0.05) is 34.8 Å². The lowest BCUT2D eigenvalue weighted by molar-refractivity contribution is -0.130. The maximum atomic E-state index is 13.2. The number of carbonyl (C=O) groups excluding carboxylic acids is 1. The summed E-state index contributed by atoms with van der Waals surface area (Å²) < 4.78 is 29.1. The van der Waals surface area contributed by atoms with Crippen LogP contribution >= 0.6 is 34.8 Å². The molecule has 1 heterocycles. The van der Waals surface area contributed by atoms with Crippen LogP contribution in [0.1, 0.15) is 42.4 Å². The number of sulfonamides is 1. The molecule has 2 aromatic rings. The molecule has 1 N–H and O–H groups in total. The maximum absolute atomic E-state index is 13.2. The van der Waals surface area contributed by atoms with Crippen LogP contribution in [-0.2, 0) is 21.2 Å². The SMILES string of the molecule is Cc1cc(S(=O)(=O)Nc2cc(Cl)cc(Cl)c2CCC(=O)N(C)CCC2CCN(C)CC2)c(C)cc1Cl. The molecule has 6 nitrogen and oxygen atoms in total. The standard InChI is InChI=1S/C26H34Cl3N3O3S/c1-17-14-25(18(2)13-22(17)28)36(34,35)30-24-16-20(27)15-23(29)21(24)5-6-26(33)32(4)12-9-19-7-10-31(3)11-8-19/h13-16,19,30H,5-12H2,1-4H3. The first-order valence-corrected chi connectivity index (χ1v) is 14.7. The second-order valence-corrected chi connectivity index (χ2v) is 12.6. The van der Waals surface area contributed by atoms with Crippen LogP contribution in [0, 0.1) is 19.8 Å². The van der Waals surface area contributed by atoms with Gasteiger partial charge in [-0.2, -0.15) is 0 Å². The van der Waals surface area contributed by atoms with E-state index in [1.165, 1.54) is 12.1 Å². The van der Waals surface area contributed by atoms with E-state index in [1.54, 1.807) is 30.9 Å². The number of carbonyl (C=O) groups is 1. The van der Waals surface area contributed by atoms with Crippen molar-refractivity contribution >= 4 is 56.4 Å². The zero-order chi connectivity index (χ0) is 26.6. The Kier molecular flexibility index (Phi) is 9.97. The Bertz CT molecular complexity index is 1210. The van der Waals surface area contributed by atoms with E-state index in [2.05, 4.69) is 16.7 Å². The predicted octanol–water partition coefficient (Wildman–Crippen LogP) is 6.19. The lowest BCUT2D eigenvalue weighted by Crippen LogP contribution is -2.33. The van der Waals surface area contributed by atoms with Gasteiger partial charge in [0, 0.05) is 35.1 Å². The van der Waals surface area contributed by atoms with Crippen LogP contribution in [0.4, 0.5) is 5.69 Å². The van der Waals surface area contributed by atoms with Gasteiger partial charge in [-0.25, -0.2) is 8.42 Å². The lowest BCUT2D eigenvalue weighted by Gasteiger charge is -2.30. The molecule has 0 unspecified atom stereocenters. The van der Waals surface area contributed by atoms with Crippen LogP contribution < -0.4 is 4.72 Å². The molecule has 2 aromatic carbocycles. The molecule has 3 rings (SSSR count). The van der Waals surface area contributed by atoms with Crippen molar-refractivity contribution in [2.24, 2.45) is 5.92 Å². The van der Waals surface area contributed by atoms with Crippen molar-refractivity contribution in [2.45, 2.75) is 50.8 Å². The van der Waals surface area contributed by atoms with Crippen molar-refractivity contribution < 1.29 is 13.2 Å². The first kappa shape index (κ1) is 29.1. The maximum Gasteiger partial charge on any atom is 0.262 e. The minimum Gasteiger partial charge on any atom is -0.346 e. The summed E-state index contributed by atoms with van der Waals surface area (Å²) in [6, 6.07) is 6.24. The third kappa shape index (κ3) is 7.51. The fourth-order valence-corrected chi connectivity index (χ4v) is 6.67. The van der Waals surface area contributed by atoms with Crippen molar-refractivity contribution in [3.63, 3.8) is 0 Å². The lowest BCUT2D eigenvalue weighted by atomic mass is 9.93. The van der Waals surface area contributed by atoms with E-state index in [0.29, 0.717) is 44.2 Å². The summed E-state index contributed by atoms with van der Waals surface area (Å²) in [6.45, 7) is 6.34. The molecule has 1 aliphatic heterocycles. The van der Waals surface area contributed by atoms with Crippen LogP contribution in [0.5, 0.6) is 0 Å². The smallest absolute Gasteiger partial charge is 0.262 e. The number of nitrogens with zero attached hydrogens (tertiary/aromatic N) is 2. The van der Waals surface area contributed by atoms with Gasteiger partial charge in [0.05, 0.1) is 10.6 Å². The summed E-state index contributed by atoms with van der Waals surface area (Å²) in [5.74, 6) is 0.634. The fourth-order valence-electron chi connectivity index (χ4n) is 4.47. The largest absolute Gasteiger partial charge is 0.346 e. The molecular formula is C26H34Cl3N3O3S. The van der Waals surface area contributed by atoms with Crippen molar-refractivity contribution in [2.75, 3.05) is 38.5 Å². The van der Waals surface area contributed by atoms with Crippen molar-refractivity contribution in [3.05, 3.63) is 56.0 Å². The highest BCUT2D eigenvalue weighted by atomic mass is 35.5. The zero-order valence-corrected chi connectivity index (χ0v) is 24.3. The molecule has 0 radical (unpaired) electrons. The average molecular weight is 575 g/mol. The quantitative estimate of drug-likeness (QED) is 0.388. The fraction of sp³-hybridized carbons (Fsp3) is 0.500. The summed E-state index contributed by atoms with van der Waals surface area (Å²) in [5, 5.41) is 1.11. The molecule has 0 aliphatic carbocycles. The molecule has 0 bridgehead atoms. The highest BCUT2D eigenvalue weighted by molar-refractivity contribution is 7.92. The Balaban J connectivity index is 1.70. The Morgan fingerprint density at radius 3 is 2.39 bits per heavy atom. The molecule has 198 valence electrons. The number of nitrogens with one attached hydrogen (secondary N) is 1. The number of likely N-dealkylation sites (tertiary alicyclic amines) is 1. The van der Waals surface area contributed by atoms with Gasteiger partial charge in [0.15, 0.2) is 0 Å². The molecule has 0 saturated carbocycles. The van der Waals surface area contributed by atoms with Crippen molar-refractivity contribution in [3.8, 4) is 0 Å². The Hall–Kier alpha value is -1.51. The molecule has 36 heavy (non-hydrogen) atoms. The van der Waals surface area contributed by atoms with E-state index < -0.39 is 10.0 Å². The van der Waals surface area contributed by atoms with Gasteiger partial charge in [-0.15, -0.1) is 0 Å². The predicted molar refractivity (Wildman–Crippen MR) is 149 cm³/mol. The first-order valence-electron chi connectivity index (χ1n) is 12.1. The molecule has 1 saturated heterocycles. The number of piperidine rings is 1. The highest BCUT2D eigenvalue weighted by Crippen LogP contribution is 2.33. The molecule has 0 aromatic heterocycles. The van der Waals surface area contributed by atoms with E-state index in [0.717, 1.165) is 32.4 Å². The van der Waals surface area contributed by atoms with Gasteiger partial charge >= 0.3 is 0 Å². The van der Waals surface area contributed by atoms with E-state index in [-0.39, 0.29) is 29.3 Å². The van der Waals surface area contributed by atoms with E-state index in [4.69, 9.17) is 34.8 Å². The van der Waals surface area contributed by atoms with Gasteiger partial charge in [-0.3, -0.25) is 9.52 Å². The molecule has 1 amide bonds. The van der Waals surface area contributed by atoms with Crippen LogP contribution in [0.2, 0.25) is 15.1 Å². The number of aryl methyl sites for hydroxylation is 2. The van der Waals surface area contributed by atoms with Crippen LogP contribution in [0.15, 0.2) is 29.2 Å². The number of benzene rings is 2. The van der Waals surface area contributed by atoms with Crippen LogP contribution in [-0.4, -0.2) is 57.9 Å². The number of amides is 1. The van der Waals surface area contributed by atoms with E-state index in [1.807, 2.05) is 7.05 Å². The van der Waals surface area contributed by atoms with Crippen molar-refractivity contribution in [1.29, 1.82) is 0 Å². The second-order valence-electron chi connectivity index (χ2n) is 9.74. The summed E-state index contributed by atoms with van der Waals surface area (Å²) >= 11 is 18.8. The number of hydrogen-bond acceptors (Lipinski definition) is 4. The monoisotopic (exact) mass is 573 g/mol. The average Bonchev–Trinajstić information content (AvgIpc) is 2.79. The van der Waals surface area contributed by atoms with Gasteiger partial charge in [-0.05, 0) is 107 Å². The molecular weight excluding hydrogens is 541 g/mol. The molecule has 10 heteroatoms. The minimum atomic E-state index is -3.94. The summed E-state index contributed by atoms with van der Waals surface area (Å²) in [4.78, 5) is 17.1. The summed E-state index contributed by atoms with van der Waals surface area (Å²) in [7, 11) is 0.0103. The van der Waals surface area contributed by atoms with Gasteiger partial charge in [0.25, 0.3) is 10.0 Å². The van der Waals surface area contributed by atoms with E-state index >= 15 is 0 Å². The molecule has 1 aliphatic rings. The van der Waals surface area contributed by atoms with Gasteiger partial charge < -0.3 is 9.80 Å².